The van der Waals surface area contributed by atoms with Gasteiger partial charge < -0.3 is 0 Å². The molecule has 3 aromatic carbocycles. The number of hydrogen-bond acceptors (Lipinski definition) is 3. The molecule has 0 N–H and O–H groups in total. The van der Waals surface area contributed by atoms with Gasteiger partial charge in [0.25, 0.3) is 0 Å². The van der Waals surface area contributed by atoms with Crippen LogP contribution in [0.1, 0.15) is 40.2 Å². The number of imide groups is 1. The molecular formula is C28H23NO3. The minimum Gasteiger partial charge on any atom is -0.295 e. The number of nitrogens with zero attached hydrogens (tertiary/aromatic N) is 1. The van der Waals surface area contributed by atoms with E-state index in [1.54, 1.807) is 24.3 Å². The van der Waals surface area contributed by atoms with Crippen LogP contribution < -0.4 is 4.90 Å². The van der Waals surface area contributed by atoms with E-state index in [1.165, 1.54) is 11.8 Å². The summed E-state index contributed by atoms with van der Waals surface area (Å²) in [6.07, 6.45) is 4.16. The van der Waals surface area contributed by atoms with Gasteiger partial charge in [0, 0.05) is 17.4 Å². The first kappa shape index (κ1) is 20.1. The molecule has 4 heteroatoms. The highest BCUT2D eigenvalue weighted by Crippen LogP contribution is 2.50. The summed E-state index contributed by atoms with van der Waals surface area (Å²) in [7, 11) is 0. The van der Waals surface area contributed by atoms with Gasteiger partial charge in [-0.1, -0.05) is 84.9 Å². The standard InChI is InChI=1S/C28H23NO3/c1-18(30)21-13-8-14-22(17-21)29-27(31)25-23(19-9-4-2-5-10-19)15-16-24(26(25)28(29)32)20-11-6-3-7-12-20/h2-17,23-26H,1H3/t23-,24-,25-,26+/m0/s1. The molecule has 3 aromatic rings. The zero-order valence-electron chi connectivity index (χ0n) is 17.7. The van der Waals surface area contributed by atoms with Crippen LogP contribution in [0.15, 0.2) is 97.1 Å². The van der Waals surface area contributed by atoms with Crippen LogP contribution in [-0.2, 0) is 9.59 Å². The number of allylic oxidation sites excluding steroid dienone is 2. The lowest BCUT2D eigenvalue weighted by Crippen LogP contribution is -2.31. The van der Waals surface area contributed by atoms with E-state index in [4.69, 9.17) is 0 Å². The first-order valence-electron chi connectivity index (χ1n) is 10.8. The quantitative estimate of drug-likeness (QED) is 0.333. The third-order valence-electron chi connectivity index (χ3n) is 6.58. The molecule has 1 saturated heterocycles. The summed E-state index contributed by atoms with van der Waals surface area (Å²) in [5.41, 5.74) is 2.98. The summed E-state index contributed by atoms with van der Waals surface area (Å²) in [5.74, 6) is -1.88. The third kappa shape index (κ3) is 3.28. The maximum absolute atomic E-state index is 13.8. The SMILES string of the molecule is CC(=O)c1cccc(N2C(=O)[C@@H]3[C@H](C2=O)[C@H](c2ccccc2)C=C[C@H]3c2ccccc2)c1. The van der Waals surface area contributed by atoms with E-state index >= 15 is 0 Å². The van der Waals surface area contributed by atoms with Crippen LogP contribution in [0.3, 0.4) is 0 Å². The number of amides is 2. The number of hydrogen-bond donors (Lipinski definition) is 0. The van der Waals surface area contributed by atoms with Gasteiger partial charge in [-0.05, 0) is 30.2 Å². The van der Waals surface area contributed by atoms with Crippen LogP contribution in [0.2, 0.25) is 0 Å². The minimum absolute atomic E-state index is 0.102. The van der Waals surface area contributed by atoms with Crippen molar-refractivity contribution in [2.24, 2.45) is 11.8 Å². The zero-order chi connectivity index (χ0) is 22.2. The van der Waals surface area contributed by atoms with Crippen molar-refractivity contribution in [2.75, 3.05) is 4.90 Å². The molecule has 32 heavy (non-hydrogen) atoms. The van der Waals surface area contributed by atoms with Gasteiger partial charge in [-0.3, -0.25) is 14.4 Å². The summed E-state index contributed by atoms with van der Waals surface area (Å²) < 4.78 is 0. The molecule has 0 bridgehead atoms. The topological polar surface area (TPSA) is 54.5 Å². The van der Waals surface area contributed by atoms with E-state index in [9.17, 15) is 14.4 Å². The van der Waals surface area contributed by atoms with E-state index in [2.05, 4.69) is 12.2 Å². The molecule has 1 aliphatic carbocycles. The molecule has 0 spiro atoms. The predicted octanol–water partition coefficient (Wildman–Crippen LogP) is 5.13. The summed E-state index contributed by atoms with van der Waals surface area (Å²) in [6.45, 7) is 1.48. The molecule has 2 amide bonds. The maximum Gasteiger partial charge on any atom is 0.238 e. The minimum atomic E-state index is -0.499. The van der Waals surface area contributed by atoms with Crippen molar-refractivity contribution >= 4 is 23.3 Å². The Morgan fingerprint density at radius 2 is 1.19 bits per heavy atom. The van der Waals surface area contributed by atoms with Gasteiger partial charge >= 0.3 is 0 Å². The number of benzene rings is 3. The number of carbonyl (C=O) groups is 3. The fourth-order valence-electron chi connectivity index (χ4n) is 5.05. The van der Waals surface area contributed by atoms with E-state index < -0.39 is 11.8 Å². The van der Waals surface area contributed by atoms with Gasteiger partial charge in [0.05, 0.1) is 17.5 Å². The number of fused-ring (bicyclic) bond motifs is 1. The molecule has 0 aromatic heterocycles. The number of Topliss-reactive ketones (excluding diaryl/α,β-unsaturated/α-hetero) is 1. The fourth-order valence-corrected chi connectivity index (χ4v) is 5.05. The molecule has 5 rings (SSSR count). The molecule has 1 heterocycles. The highest BCUT2D eigenvalue weighted by atomic mass is 16.2. The first-order chi connectivity index (χ1) is 15.6. The summed E-state index contributed by atoms with van der Waals surface area (Å²) in [4.78, 5) is 40.8. The number of rotatable bonds is 4. The molecule has 1 aliphatic heterocycles. The maximum atomic E-state index is 13.8. The molecule has 1 fully saturated rings. The van der Waals surface area contributed by atoms with Crippen LogP contribution in [-0.4, -0.2) is 17.6 Å². The molecule has 4 nitrogen and oxygen atoms in total. The second-order valence-corrected chi connectivity index (χ2v) is 8.43. The van der Waals surface area contributed by atoms with E-state index in [0.29, 0.717) is 11.3 Å². The second kappa shape index (κ2) is 8.04. The smallest absolute Gasteiger partial charge is 0.238 e. The molecule has 0 radical (unpaired) electrons. The Balaban J connectivity index is 1.63. The van der Waals surface area contributed by atoms with E-state index in [0.717, 1.165) is 11.1 Å². The number of carbonyl (C=O) groups excluding carboxylic acids is 3. The third-order valence-corrected chi connectivity index (χ3v) is 6.58. The van der Waals surface area contributed by atoms with Crippen LogP contribution >= 0.6 is 0 Å². The largest absolute Gasteiger partial charge is 0.295 e. The molecule has 2 aliphatic rings. The monoisotopic (exact) mass is 421 g/mol. The Labute approximate surface area is 187 Å². The number of anilines is 1. The van der Waals surface area contributed by atoms with Crippen molar-refractivity contribution in [1.29, 1.82) is 0 Å². The lowest BCUT2D eigenvalue weighted by Gasteiger charge is -2.32. The highest BCUT2D eigenvalue weighted by molar-refractivity contribution is 6.23. The molecule has 0 unspecified atom stereocenters. The normalized spacial score (nSPS) is 24.5. The Morgan fingerprint density at radius 1 is 0.688 bits per heavy atom. The van der Waals surface area contributed by atoms with Crippen LogP contribution in [0.25, 0.3) is 0 Å². The Morgan fingerprint density at radius 3 is 1.66 bits per heavy atom. The fraction of sp³-hybridized carbons (Fsp3) is 0.179. The lowest BCUT2D eigenvalue weighted by molar-refractivity contribution is -0.122. The van der Waals surface area contributed by atoms with Crippen molar-refractivity contribution in [1.82, 2.24) is 0 Å². The average Bonchev–Trinajstić information content (AvgIpc) is 3.10. The Bertz CT molecular complexity index is 1150. The zero-order valence-corrected chi connectivity index (χ0v) is 17.7. The van der Waals surface area contributed by atoms with Crippen molar-refractivity contribution in [3.63, 3.8) is 0 Å². The highest BCUT2D eigenvalue weighted by Gasteiger charge is 2.55. The summed E-state index contributed by atoms with van der Waals surface area (Å²) in [5, 5.41) is 0. The van der Waals surface area contributed by atoms with E-state index in [1.807, 2.05) is 60.7 Å². The van der Waals surface area contributed by atoms with Crippen molar-refractivity contribution < 1.29 is 14.4 Å². The Kier molecular flexibility index (Phi) is 5.06. The second-order valence-electron chi connectivity index (χ2n) is 8.43. The van der Waals surface area contributed by atoms with Gasteiger partial charge in [0.1, 0.15) is 0 Å². The Hall–Kier alpha value is -3.79. The van der Waals surface area contributed by atoms with Gasteiger partial charge in [-0.25, -0.2) is 4.90 Å². The van der Waals surface area contributed by atoms with E-state index in [-0.39, 0.29) is 29.4 Å². The molecular weight excluding hydrogens is 398 g/mol. The van der Waals surface area contributed by atoms with Crippen molar-refractivity contribution in [2.45, 2.75) is 18.8 Å². The van der Waals surface area contributed by atoms with Gasteiger partial charge in [0.2, 0.25) is 11.8 Å². The average molecular weight is 421 g/mol. The molecule has 4 atom stereocenters. The van der Waals surface area contributed by atoms with Gasteiger partial charge in [-0.15, -0.1) is 0 Å². The lowest BCUT2D eigenvalue weighted by atomic mass is 9.68. The summed E-state index contributed by atoms with van der Waals surface area (Å²) >= 11 is 0. The van der Waals surface area contributed by atoms with Crippen LogP contribution in [0.5, 0.6) is 0 Å². The van der Waals surface area contributed by atoms with Crippen LogP contribution in [0.4, 0.5) is 5.69 Å². The van der Waals surface area contributed by atoms with Crippen molar-refractivity contribution in [3.05, 3.63) is 114 Å². The van der Waals surface area contributed by atoms with Gasteiger partial charge in [0.15, 0.2) is 5.78 Å². The van der Waals surface area contributed by atoms with Crippen molar-refractivity contribution in [3.8, 4) is 0 Å². The number of ketones is 1. The molecule has 158 valence electrons. The molecule has 0 saturated carbocycles. The first-order valence-corrected chi connectivity index (χ1v) is 10.8. The van der Waals surface area contributed by atoms with Crippen LogP contribution in [0, 0.1) is 11.8 Å². The summed E-state index contributed by atoms with van der Waals surface area (Å²) in [6, 6.07) is 26.5. The van der Waals surface area contributed by atoms with Gasteiger partial charge in [-0.2, -0.15) is 0 Å². The predicted molar refractivity (Wildman–Crippen MR) is 123 cm³/mol.